The number of ether oxygens (including phenoxy) is 1. The highest BCUT2D eigenvalue weighted by atomic mass is 16.5. The van der Waals surface area contributed by atoms with E-state index in [2.05, 4.69) is 4.98 Å². The van der Waals surface area contributed by atoms with Crippen molar-refractivity contribution >= 4 is 0 Å². The lowest BCUT2D eigenvalue weighted by molar-refractivity contribution is 0.194. The normalized spacial score (nSPS) is 12.2. The third-order valence-corrected chi connectivity index (χ3v) is 2.77. The van der Waals surface area contributed by atoms with Crippen LogP contribution >= 0.6 is 0 Å². The zero-order valence-corrected chi connectivity index (χ0v) is 10.8. The molecule has 0 aliphatic rings. The van der Waals surface area contributed by atoms with E-state index in [0.717, 1.165) is 5.56 Å². The fourth-order valence-electron chi connectivity index (χ4n) is 1.76. The van der Waals surface area contributed by atoms with Crippen molar-refractivity contribution in [3.63, 3.8) is 0 Å². The van der Waals surface area contributed by atoms with E-state index in [0.29, 0.717) is 23.6 Å². The molecule has 100 valence electrons. The van der Waals surface area contributed by atoms with Gasteiger partial charge in [0.1, 0.15) is 11.5 Å². The number of pyridine rings is 1. The Morgan fingerprint density at radius 3 is 2.63 bits per heavy atom. The molecule has 4 nitrogen and oxygen atoms in total. The van der Waals surface area contributed by atoms with Gasteiger partial charge in [-0.3, -0.25) is 4.98 Å². The molecule has 0 aliphatic carbocycles. The van der Waals surface area contributed by atoms with Crippen LogP contribution < -0.4 is 4.74 Å². The first-order chi connectivity index (χ1) is 9.20. The highest BCUT2D eigenvalue weighted by Gasteiger charge is 2.06. The molecule has 2 aromatic rings. The zero-order chi connectivity index (χ0) is 13.7. The number of aliphatic hydroxyl groups excluding tert-OH is 2. The average Bonchev–Trinajstić information content (AvgIpc) is 2.42. The molecule has 0 fully saturated rings. The Morgan fingerprint density at radius 1 is 1.21 bits per heavy atom. The van der Waals surface area contributed by atoms with E-state index in [-0.39, 0.29) is 6.61 Å². The average molecular weight is 259 g/mol. The minimum absolute atomic E-state index is 0.0829. The first-order valence-electron chi connectivity index (χ1n) is 6.21. The number of rotatable bonds is 5. The molecular weight excluding hydrogens is 242 g/mol. The van der Waals surface area contributed by atoms with Gasteiger partial charge in [-0.05, 0) is 37.1 Å². The third kappa shape index (κ3) is 3.53. The second-order valence-corrected chi connectivity index (χ2v) is 4.28. The van der Waals surface area contributed by atoms with Crippen molar-refractivity contribution in [2.24, 2.45) is 0 Å². The Morgan fingerprint density at radius 2 is 2.00 bits per heavy atom. The van der Waals surface area contributed by atoms with Crippen LogP contribution in [0.4, 0.5) is 0 Å². The summed E-state index contributed by atoms with van der Waals surface area (Å²) in [4.78, 5) is 4.13. The van der Waals surface area contributed by atoms with Crippen LogP contribution in [0.25, 0.3) is 0 Å². The number of benzene rings is 1. The molecule has 0 spiro atoms. The van der Waals surface area contributed by atoms with Gasteiger partial charge in [0, 0.05) is 6.61 Å². The van der Waals surface area contributed by atoms with Crippen LogP contribution in [-0.2, 0) is 6.42 Å². The van der Waals surface area contributed by atoms with E-state index in [1.54, 1.807) is 25.3 Å². The molecule has 2 rings (SSSR count). The van der Waals surface area contributed by atoms with E-state index in [4.69, 9.17) is 9.84 Å². The molecule has 2 N–H and O–H groups in total. The van der Waals surface area contributed by atoms with Crippen molar-refractivity contribution in [3.05, 3.63) is 53.9 Å². The predicted octanol–water partition coefficient (Wildman–Crippen LogP) is 2.46. The molecule has 1 aromatic carbocycles. The second-order valence-electron chi connectivity index (χ2n) is 4.28. The summed E-state index contributed by atoms with van der Waals surface area (Å²) in [6.07, 6.45) is 1.54. The third-order valence-electron chi connectivity index (χ3n) is 2.77. The molecule has 1 heterocycles. The van der Waals surface area contributed by atoms with Crippen LogP contribution in [0.2, 0.25) is 0 Å². The number of aromatic nitrogens is 1. The number of hydrogen-bond acceptors (Lipinski definition) is 4. The van der Waals surface area contributed by atoms with Gasteiger partial charge in [0.2, 0.25) is 0 Å². The van der Waals surface area contributed by atoms with Crippen molar-refractivity contribution < 1.29 is 14.9 Å². The lowest BCUT2D eigenvalue weighted by atomic mass is 10.1. The molecule has 1 atom stereocenters. The van der Waals surface area contributed by atoms with Crippen LogP contribution in [0.1, 0.15) is 24.3 Å². The van der Waals surface area contributed by atoms with Crippen LogP contribution in [0.15, 0.2) is 42.6 Å². The number of aliphatic hydroxyl groups is 2. The van der Waals surface area contributed by atoms with E-state index in [1.165, 1.54) is 0 Å². The van der Waals surface area contributed by atoms with E-state index in [1.807, 2.05) is 24.3 Å². The Balaban J connectivity index is 2.16. The molecule has 0 aliphatic heterocycles. The van der Waals surface area contributed by atoms with Gasteiger partial charge in [-0.25, -0.2) is 0 Å². The monoisotopic (exact) mass is 259 g/mol. The van der Waals surface area contributed by atoms with Gasteiger partial charge in [0.05, 0.1) is 18.0 Å². The fraction of sp³-hybridized carbons (Fsp3) is 0.267. The summed E-state index contributed by atoms with van der Waals surface area (Å²) in [7, 11) is 0. The van der Waals surface area contributed by atoms with Gasteiger partial charge >= 0.3 is 0 Å². The number of nitrogens with zero attached hydrogens (tertiary/aromatic N) is 1. The van der Waals surface area contributed by atoms with Crippen molar-refractivity contribution in [1.82, 2.24) is 4.98 Å². The van der Waals surface area contributed by atoms with Crippen LogP contribution in [0.5, 0.6) is 11.5 Å². The summed E-state index contributed by atoms with van der Waals surface area (Å²) >= 11 is 0. The smallest absolute Gasteiger partial charge is 0.145 e. The van der Waals surface area contributed by atoms with Gasteiger partial charge < -0.3 is 14.9 Å². The molecule has 4 heteroatoms. The Bertz CT molecular complexity index is 523. The second kappa shape index (κ2) is 6.31. The Hall–Kier alpha value is -1.91. The maximum Gasteiger partial charge on any atom is 0.145 e. The summed E-state index contributed by atoms with van der Waals surface area (Å²) in [5.74, 6) is 1.32. The molecule has 0 saturated heterocycles. The lowest BCUT2D eigenvalue weighted by Crippen LogP contribution is -1.97. The van der Waals surface area contributed by atoms with Crippen LogP contribution in [-0.4, -0.2) is 21.8 Å². The highest BCUT2D eigenvalue weighted by molar-refractivity contribution is 5.37. The number of hydrogen-bond donors (Lipinski definition) is 2. The summed E-state index contributed by atoms with van der Waals surface area (Å²) in [6.45, 7) is 1.75. The van der Waals surface area contributed by atoms with Crippen molar-refractivity contribution in [2.75, 3.05) is 6.61 Å². The van der Waals surface area contributed by atoms with Crippen molar-refractivity contribution in [3.8, 4) is 11.5 Å². The first kappa shape index (κ1) is 13.5. The fourth-order valence-corrected chi connectivity index (χ4v) is 1.76. The lowest BCUT2D eigenvalue weighted by Gasteiger charge is -2.11. The SMILES string of the molecule is CC(O)c1ccc(Oc2ccccc2CCO)cn1. The highest BCUT2D eigenvalue weighted by Crippen LogP contribution is 2.25. The molecule has 1 unspecified atom stereocenters. The molecule has 0 radical (unpaired) electrons. The molecular formula is C15H17NO3. The van der Waals surface area contributed by atoms with E-state index >= 15 is 0 Å². The van der Waals surface area contributed by atoms with Gasteiger partial charge in [0.15, 0.2) is 0 Å². The molecule has 0 saturated carbocycles. The van der Waals surface area contributed by atoms with Gasteiger partial charge in [-0.1, -0.05) is 18.2 Å². The summed E-state index contributed by atoms with van der Waals surface area (Å²) in [5.41, 5.74) is 1.56. The van der Waals surface area contributed by atoms with Gasteiger partial charge in [-0.2, -0.15) is 0 Å². The maximum atomic E-state index is 9.39. The summed E-state index contributed by atoms with van der Waals surface area (Å²) in [6, 6.07) is 11.1. The van der Waals surface area contributed by atoms with Crippen LogP contribution in [0, 0.1) is 0 Å². The first-order valence-corrected chi connectivity index (χ1v) is 6.21. The topological polar surface area (TPSA) is 62.6 Å². The molecule has 1 aromatic heterocycles. The summed E-state index contributed by atoms with van der Waals surface area (Å²) < 4.78 is 5.74. The maximum absolute atomic E-state index is 9.39. The molecule has 0 amide bonds. The molecule has 19 heavy (non-hydrogen) atoms. The Labute approximate surface area is 112 Å². The Kier molecular flexibility index (Phi) is 4.49. The van der Waals surface area contributed by atoms with Gasteiger partial charge in [-0.15, -0.1) is 0 Å². The quantitative estimate of drug-likeness (QED) is 0.865. The summed E-state index contributed by atoms with van der Waals surface area (Å²) in [5, 5.41) is 18.4. The zero-order valence-electron chi connectivity index (χ0n) is 10.8. The van der Waals surface area contributed by atoms with Gasteiger partial charge in [0.25, 0.3) is 0 Å². The van der Waals surface area contributed by atoms with E-state index in [9.17, 15) is 5.11 Å². The van der Waals surface area contributed by atoms with Crippen molar-refractivity contribution in [2.45, 2.75) is 19.4 Å². The van der Waals surface area contributed by atoms with Crippen LogP contribution in [0.3, 0.4) is 0 Å². The standard InChI is InChI=1S/C15H17NO3/c1-11(18)14-7-6-13(10-16-14)19-15-5-3-2-4-12(15)8-9-17/h2-7,10-11,17-18H,8-9H2,1H3. The predicted molar refractivity (Wildman–Crippen MR) is 72.2 cm³/mol. The molecule has 0 bridgehead atoms. The van der Waals surface area contributed by atoms with Crippen molar-refractivity contribution in [1.29, 1.82) is 0 Å². The minimum atomic E-state index is -0.587. The minimum Gasteiger partial charge on any atom is -0.455 e. The largest absolute Gasteiger partial charge is 0.455 e. The number of para-hydroxylation sites is 1. The van der Waals surface area contributed by atoms with E-state index < -0.39 is 6.10 Å².